The Labute approximate surface area is 113 Å². The van der Waals surface area contributed by atoms with Crippen molar-refractivity contribution in [3.63, 3.8) is 0 Å². The Morgan fingerprint density at radius 3 is 2.74 bits per heavy atom. The zero-order chi connectivity index (χ0) is 13.8. The molecule has 19 heavy (non-hydrogen) atoms. The minimum absolute atomic E-state index is 0.119. The summed E-state index contributed by atoms with van der Waals surface area (Å²) in [6, 6.07) is 4.36. The molecular weight excluding hydrogens is 246 g/mol. The molecule has 2 nitrogen and oxygen atoms in total. The molecule has 0 aromatic heterocycles. The predicted octanol–water partition coefficient (Wildman–Crippen LogP) is 3.09. The highest BCUT2D eigenvalue weighted by Crippen LogP contribution is 2.36. The number of rotatable bonds is 4. The zero-order valence-corrected chi connectivity index (χ0v) is 11.4. The smallest absolute Gasteiger partial charge is 0.159 e. The number of hydrogen-bond donors (Lipinski definition) is 1. The molecule has 0 amide bonds. The largest absolute Gasteiger partial charge is 0.330 e. The molecule has 2 N–H and O–H groups in total. The Morgan fingerprint density at radius 2 is 2.11 bits per heavy atom. The first-order valence-electron chi connectivity index (χ1n) is 7.06. The Hall–Kier alpha value is -1.00. The normalized spacial score (nSPS) is 24.6. The number of hydrogen-bond acceptors (Lipinski definition) is 2. The zero-order valence-electron chi connectivity index (χ0n) is 11.4. The van der Waals surface area contributed by atoms with E-state index < -0.39 is 11.6 Å². The van der Waals surface area contributed by atoms with Crippen LogP contribution in [0.3, 0.4) is 0 Å². The van der Waals surface area contributed by atoms with Crippen LogP contribution in [-0.2, 0) is 0 Å². The maximum atomic E-state index is 13.5. The lowest BCUT2D eigenvalue weighted by Crippen LogP contribution is -2.42. The van der Waals surface area contributed by atoms with Crippen molar-refractivity contribution in [3.8, 4) is 0 Å². The van der Waals surface area contributed by atoms with Crippen LogP contribution in [0.25, 0.3) is 0 Å². The second kappa shape index (κ2) is 6.44. The number of halogens is 2. The van der Waals surface area contributed by atoms with Crippen LogP contribution in [-0.4, -0.2) is 24.5 Å². The summed E-state index contributed by atoms with van der Waals surface area (Å²) in [7, 11) is 0. The third-order valence-corrected chi connectivity index (χ3v) is 3.96. The maximum Gasteiger partial charge on any atom is 0.159 e. The average Bonchev–Trinajstić information content (AvgIpc) is 2.42. The highest BCUT2D eigenvalue weighted by molar-refractivity contribution is 5.23. The minimum atomic E-state index is -0.786. The molecule has 1 aliphatic rings. The van der Waals surface area contributed by atoms with Gasteiger partial charge in [0.05, 0.1) is 0 Å². The first-order valence-corrected chi connectivity index (χ1v) is 7.06. The highest BCUT2D eigenvalue weighted by atomic mass is 19.2. The molecule has 1 saturated heterocycles. The van der Waals surface area contributed by atoms with E-state index in [4.69, 9.17) is 5.73 Å². The molecule has 1 aromatic carbocycles. The fourth-order valence-electron chi connectivity index (χ4n) is 3.12. The van der Waals surface area contributed by atoms with E-state index in [1.807, 2.05) is 0 Å². The quantitative estimate of drug-likeness (QED) is 0.909. The summed E-state index contributed by atoms with van der Waals surface area (Å²) in [5, 5.41) is 0. The van der Waals surface area contributed by atoms with E-state index in [1.165, 1.54) is 12.1 Å². The van der Waals surface area contributed by atoms with Crippen molar-refractivity contribution in [1.82, 2.24) is 4.90 Å². The summed E-state index contributed by atoms with van der Waals surface area (Å²) in [4.78, 5) is 2.35. The average molecular weight is 268 g/mol. The van der Waals surface area contributed by atoms with Gasteiger partial charge in [0.15, 0.2) is 11.6 Å². The number of benzene rings is 1. The molecule has 2 rings (SSSR count). The van der Waals surface area contributed by atoms with Gasteiger partial charge in [-0.05, 0) is 62.5 Å². The molecular formula is C15H22F2N2. The van der Waals surface area contributed by atoms with E-state index in [2.05, 4.69) is 11.8 Å². The molecule has 106 valence electrons. The number of likely N-dealkylation sites (tertiary alicyclic amines) is 1. The van der Waals surface area contributed by atoms with Crippen LogP contribution in [0.5, 0.6) is 0 Å². The topological polar surface area (TPSA) is 29.3 Å². The lowest BCUT2D eigenvalue weighted by atomic mass is 9.84. The Balaban J connectivity index is 2.30. The first kappa shape index (κ1) is 14.4. The Morgan fingerprint density at radius 1 is 1.32 bits per heavy atom. The Kier molecular flexibility index (Phi) is 4.88. The second-order valence-electron chi connectivity index (χ2n) is 5.29. The van der Waals surface area contributed by atoms with Gasteiger partial charge >= 0.3 is 0 Å². The highest BCUT2D eigenvalue weighted by Gasteiger charge is 2.31. The molecule has 1 heterocycles. The van der Waals surface area contributed by atoms with Crippen molar-refractivity contribution in [2.24, 2.45) is 11.7 Å². The molecule has 0 radical (unpaired) electrons. The molecule has 0 saturated carbocycles. The van der Waals surface area contributed by atoms with E-state index in [0.29, 0.717) is 12.5 Å². The molecule has 0 aliphatic carbocycles. The van der Waals surface area contributed by atoms with Gasteiger partial charge in [0.2, 0.25) is 0 Å². The molecule has 1 aliphatic heterocycles. The van der Waals surface area contributed by atoms with Crippen LogP contribution in [0.2, 0.25) is 0 Å². The van der Waals surface area contributed by atoms with Crippen molar-refractivity contribution in [1.29, 1.82) is 0 Å². The van der Waals surface area contributed by atoms with Gasteiger partial charge in [-0.1, -0.05) is 13.0 Å². The second-order valence-corrected chi connectivity index (χ2v) is 5.29. The minimum Gasteiger partial charge on any atom is -0.330 e. The van der Waals surface area contributed by atoms with E-state index in [0.717, 1.165) is 37.9 Å². The van der Waals surface area contributed by atoms with Crippen LogP contribution in [0.15, 0.2) is 18.2 Å². The predicted molar refractivity (Wildman–Crippen MR) is 72.7 cm³/mol. The van der Waals surface area contributed by atoms with E-state index in [1.54, 1.807) is 6.07 Å². The lowest BCUT2D eigenvalue weighted by Gasteiger charge is -2.41. The van der Waals surface area contributed by atoms with Gasteiger partial charge in [-0.3, -0.25) is 4.90 Å². The van der Waals surface area contributed by atoms with Gasteiger partial charge in [0.25, 0.3) is 0 Å². The van der Waals surface area contributed by atoms with Crippen LogP contribution < -0.4 is 5.73 Å². The van der Waals surface area contributed by atoms with Gasteiger partial charge < -0.3 is 5.73 Å². The first-order chi connectivity index (χ1) is 9.17. The van der Waals surface area contributed by atoms with Gasteiger partial charge in [-0.15, -0.1) is 0 Å². The van der Waals surface area contributed by atoms with Gasteiger partial charge in [0.1, 0.15) is 0 Å². The molecule has 1 fully saturated rings. The number of nitrogens with two attached hydrogens (primary N) is 1. The summed E-state index contributed by atoms with van der Waals surface area (Å²) in [5.74, 6) is -1.23. The SMILES string of the molecule is CCCN1CCCC(CN)C1c1ccc(F)c(F)c1. The summed E-state index contributed by atoms with van der Waals surface area (Å²) < 4.78 is 26.5. The summed E-state index contributed by atoms with van der Waals surface area (Å²) in [6.07, 6.45) is 3.24. The molecule has 1 aromatic rings. The van der Waals surface area contributed by atoms with Gasteiger partial charge in [-0.25, -0.2) is 8.78 Å². The van der Waals surface area contributed by atoms with Crippen LogP contribution in [0.1, 0.15) is 37.8 Å². The fourth-order valence-corrected chi connectivity index (χ4v) is 3.12. The van der Waals surface area contributed by atoms with Crippen LogP contribution >= 0.6 is 0 Å². The van der Waals surface area contributed by atoms with Crippen molar-refractivity contribution in [2.75, 3.05) is 19.6 Å². The van der Waals surface area contributed by atoms with Crippen molar-refractivity contribution in [2.45, 2.75) is 32.2 Å². The van der Waals surface area contributed by atoms with E-state index in [9.17, 15) is 8.78 Å². The third-order valence-electron chi connectivity index (χ3n) is 3.96. The molecule has 4 heteroatoms. The Bertz CT molecular complexity index is 421. The third kappa shape index (κ3) is 3.12. The van der Waals surface area contributed by atoms with Crippen molar-refractivity contribution in [3.05, 3.63) is 35.4 Å². The molecule has 2 unspecified atom stereocenters. The standard InChI is InChI=1S/C15H22F2N2/c1-2-7-19-8-3-4-12(10-18)15(19)11-5-6-13(16)14(17)9-11/h5-6,9,12,15H,2-4,7-8,10,18H2,1H3. The molecule has 2 atom stereocenters. The molecule has 0 spiro atoms. The molecule has 0 bridgehead atoms. The van der Waals surface area contributed by atoms with Crippen molar-refractivity contribution >= 4 is 0 Å². The van der Waals surface area contributed by atoms with Gasteiger partial charge in [0, 0.05) is 6.04 Å². The lowest BCUT2D eigenvalue weighted by molar-refractivity contribution is 0.0957. The fraction of sp³-hybridized carbons (Fsp3) is 0.600. The van der Waals surface area contributed by atoms with Gasteiger partial charge in [-0.2, -0.15) is 0 Å². The monoisotopic (exact) mass is 268 g/mol. The summed E-state index contributed by atoms with van der Waals surface area (Å²) in [5.41, 5.74) is 6.71. The van der Waals surface area contributed by atoms with Crippen LogP contribution in [0, 0.1) is 17.6 Å². The number of piperidine rings is 1. The number of nitrogens with zero attached hydrogens (tertiary/aromatic N) is 1. The van der Waals surface area contributed by atoms with E-state index >= 15 is 0 Å². The van der Waals surface area contributed by atoms with Crippen LogP contribution in [0.4, 0.5) is 8.78 Å². The summed E-state index contributed by atoms with van der Waals surface area (Å²) >= 11 is 0. The summed E-state index contributed by atoms with van der Waals surface area (Å²) in [6.45, 7) is 4.70. The maximum absolute atomic E-state index is 13.5. The van der Waals surface area contributed by atoms with Crippen molar-refractivity contribution < 1.29 is 8.78 Å². The van der Waals surface area contributed by atoms with E-state index in [-0.39, 0.29) is 6.04 Å².